The highest BCUT2D eigenvalue weighted by Gasteiger charge is 2.14. The predicted molar refractivity (Wildman–Crippen MR) is 69.5 cm³/mol. The molecule has 4 nitrogen and oxygen atoms in total. The van der Waals surface area contributed by atoms with E-state index in [4.69, 9.17) is 16.7 Å². The topological polar surface area (TPSA) is 50.9 Å². The van der Waals surface area contributed by atoms with E-state index in [1.54, 1.807) is 16.9 Å². The molecule has 0 amide bonds. The second-order valence-electron chi connectivity index (χ2n) is 3.70. The van der Waals surface area contributed by atoms with Crippen LogP contribution < -0.4 is 0 Å². The minimum Gasteiger partial charge on any atom is -0.392 e. The number of aliphatic hydroxyl groups excluding tert-OH is 1. The summed E-state index contributed by atoms with van der Waals surface area (Å²) in [7, 11) is 0. The van der Waals surface area contributed by atoms with Crippen LogP contribution in [0.15, 0.2) is 16.7 Å². The Morgan fingerprint density at radius 1 is 1.47 bits per heavy atom. The summed E-state index contributed by atoms with van der Waals surface area (Å²) in [4.78, 5) is 4.22. The van der Waals surface area contributed by atoms with Gasteiger partial charge in [-0.15, -0.1) is 0 Å². The highest BCUT2D eigenvalue weighted by atomic mass is 79.9. The summed E-state index contributed by atoms with van der Waals surface area (Å²) in [5, 5.41) is 13.8. The van der Waals surface area contributed by atoms with Gasteiger partial charge in [0.2, 0.25) is 0 Å². The highest BCUT2D eigenvalue weighted by molar-refractivity contribution is 9.10. The number of hydrogen-bond donors (Lipinski definition) is 1. The fourth-order valence-corrected chi connectivity index (χ4v) is 2.06. The first kappa shape index (κ1) is 12.5. The molecule has 2 aromatic rings. The quantitative estimate of drug-likeness (QED) is 0.927. The van der Waals surface area contributed by atoms with Crippen molar-refractivity contribution in [1.82, 2.24) is 14.8 Å². The molecule has 0 fully saturated rings. The van der Waals surface area contributed by atoms with Crippen LogP contribution in [0.25, 0.3) is 5.82 Å². The van der Waals surface area contributed by atoms with Crippen LogP contribution in [-0.4, -0.2) is 19.9 Å². The van der Waals surface area contributed by atoms with Crippen molar-refractivity contribution in [3.63, 3.8) is 0 Å². The molecule has 2 aromatic heterocycles. The molecule has 0 bridgehead atoms. The van der Waals surface area contributed by atoms with Gasteiger partial charge in [0, 0.05) is 6.20 Å². The van der Waals surface area contributed by atoms with Crippen LogP contribution in [0.3, 0.4) is 0 Å². The average molecular weight is 317 g/mol. The summed E-state index contributed by atoms with van der Waals surface area (Å²) in [6.07, 6.45) is 1.59. The lowest BCUT2D eigenvalue weighted by atomic mass is 10.3. The standard InChI is InChI=1S/C11H11BrClN3O/c1-6-10(12)7(2)16(15-6)11-9(13)3-8(5-17)4-14-11/h3-4,17H,5H2,1-2H3. The average Bonchev–Trinajstić information content (AvgIpc) is 2.57. The van der Waals surface area contributed by atoms with Gasteiger partial charge in [-0.25, -0.2) is 9.67 Å². The summed E-state index contributed by atoms with van der Waals surface area (Å²) in [6.45, 7) is 3.76. The lowest BCUT2D eigenvalue weighted by molar-refractivity contribution is 0.281. The summed E-state index contributed by atoms with van der Waals surface area (Å²) in [6, 6.07) is 1.69. The van der Waals surface area contributed by atoms with Crippen LogP contribution in [0.2, 0.25) is 5.02 Å². The van der Waals surface area contributed by atoms with Crippen molar-refractivity contribution in [2.24, 2.45) is 0 Å². The second kappa shape index (κ2) is 4.76. The molecule has 0 radical (unpaired) electrons. The Bertz CT molecular complexity index is 568. The van der Waals surface area contributed by atoms with E-state index in [-0.39, 0.29) is 6.61 Å². The Morgan fingerprint density at radius 3 is 2.65 bits per heavy atom. The zero-order valence-electron chi connectivity index (χ0n) is 9.41. The number of aliphatic hydroxyl groups is 1. The minimum atomic E-state index is -0.0756. The molecular weight excluding hydrogens is 305 g/mol. The zero-order chi connectivity index (χ0) is 12.6. The van der Waals surface area contributed by atoms with Crippen LogP contribution in [0.4, 0.5) is 0 Å². The molecule has 6 heteroatoms. The zero-order valence-corrected chi connectivity index (χ0v) is 11.7. The fourth-order valence-electron chi connectivity index (χ4n) is 1.54. The molecule has 0 saturated heterocycles. The van der Waals surface area contributed by atoms with E-state index >= 15 is 0 Å². The fraction of sp³-hybridized carbons (Fsp3) is 0.273. The van der Waals surface area contributed by atoms with Crippen molar-refractivity contribution in [1.29, 1.82) is 0 Å². The monoisotopic (exact) mass is 315 g/mol. The number of aryl methyl sites for hydroxylation is 1. The maximum atomic E-state index is 9.00. The highest BCUT2D eigenvalue weighted by Crippen LogP contribution is 2.26. The first-order valence-corrected chi connectivity index (χ1v) is 6.19. The van der Waals surface area contributed by atoms with Gasteiger partial charge in [0.25, 0.3) is 0 Å². The third kappa shape index (κ3) is 2.22. The number of hydrogen-bond acceptors (Lipinski definition) is 3. The molecule has 90 valence electrons. The van der Waals surface area contributed by atoms with Crippen LogP contribution in [0, 0.1) is 13.8 Å². The molecule has 0 spiro atoms. The van der Waals surface area contributed by atoms with Gasteiger partial charge >= 0.3 is 0 Å². The van der Waals surface area contributed by atoms with Crippen molar-refractivity contribution in [3.05, 3.63) is 38.7 Å². The normalized spacial score (nSPS) is 10.9. The number of rotatable bonds is 2. The molecule has 1 N–H and O–H groups in total. The van der Waals surface area contributed by atoms with Gasteiger partial charge < -0.3 is 5.11 Å². The van der Waals surface area contributed by atoms with Crippen LogP contribution in [0.1, 0.15) is 17.0 Å². The molecular formula is C11H11BrClN3O. The van der Waals surface area contributed by atoms with E-state index in [2.05, 4.69) is 26.0 Å². The molecule has 0 aliphatic carbocycles. The van der Waals surface area contributed by atoms with E-state index in [0.29, 0.717) is 16.4 Å². The number of halogens is 2. The molecule has 2 rings (SSSR count). The number of aromatic nitrogens is 3. The van der Waals surface area contributed by atoms with Crippen LogP contribution >= 0.6 is 27.5 Å². The SMILES string of the molecule is Cc1nn(-c2ncc(CO)cc2Cl)c(C)c1Br. The Balaban J connectivity index is 2.57. The maximum Gasteiger partial charge on any atom is 0.172 e. The van der Waals surface area contributed by atoms with Crippen molar-refractivity contribution in [2.75, 3.05) is 0 Å². The molecule has 2 heterocycles. The van der Waals surface area contributed by atoms with Gasteiger partial charge in [-0.2, -0.15) is 5.10 Å². The molecule has 17 heavy (non-hydrogen) atoms. The van der Waals surface area contributed by atoms with Gasteiger partial charge in [-0.3, -0.25) is 0 Å². The second-order valence-corrected chi connectivity index (χ2v) is 4.90. The lowest BCUT2D eigenvalue weighted by Gasteiger charge is -2.06. The van der Waals surface area contributed by atoms with E-state index in [1.165, 1.54) is 0 Å². The van der Waals surface area contributed by atoms with E-state index in [1.807, 2.05) is 13.8 Å². The molecule has 0 aromatic carbocycles. The molecule has 0 aliphatic heterocycles. The van der Waals surface area contributed by atoms with Crippen LogP contribution in [-0.2, 0) is 6.61 Å². The van der Waals surface area contributed by atoms with E-state index in [9.17, 15) is 0 Å². The van der Waals surface area contributed by atoms with Gasteiger partial charge in [0.15, 0.2) is 5.82 Å². The predicted octanol–water partition coefficient (Wildman–Crippen LogP) is 2.79. The maximum absolute atomic E-state index is 9.00. The van der Waals surface area contributed by atoms with Gasteiger partial charge in [-0.1, -0.05) is 11.6 Å². The first-order chi connectivity index (χ1) is 8.04. The van der Waals surface area contributed by atoms with Crippen LogP contribution in [0.5, 0.6) is 0 Å². The Labute approximate surface area is 112 Å². The summed E-state index contributed by atoms with van der Waals surface area (Å²) in [5.41, 5.74) is 2.50. The molecule has 0 saturated carbocycles. The van der Waals surface area contributed by atoms with Crippen molar-refractivity contribution >= 4 is 27.5 Å². The van der Waals surface area contributed by atoms with Crippen molar-refractivity contribution < 1.29 is 5.11 Å². The largest absolute Gasteiger partial charge is 0.392 e. The lowest BCUT2D eigenvalue weighted by Crippen LogP contribution is -2.03. The van der Waals surface area contributed by atoms with Gasteiger partial charge in [-0.05, 0) is 41.4 Å². The first-order valence-electron chi connectivity index (χ1n) is 5.02. The van der Waals surface area contributed by atoms with Gasteiger partial charge in [0.1, 0.15) is 0 Å². The third-order valence-electron chi connectivity index (χ3n) is 2.46. The van der Waals surface area contributed by atoms with Gasteiger partial charge in [0.05, 0.1) is 27.5 Å². The Kier molecular flexibility index (Phi) is 3.51. The minimum absolute atomic E-state index is 0.0756. The number of nitrogens with zero attached hydrogens (tertiary/aromatic N) is 3. The van der Waals surface area contributed by atoms with Crippen molar-refractivity contribution in [3.8, 4) is 5.82 Å². The van der Waals surface area contributed by atoms with Crippen molar-refractivity contribution in [2.45, 2.75) is 20.5 Å². The molecule has 0 unspecified atom stereocenters. The summed E-state index contributed by atoms with van der Waals surface area (Å²) in [5.74, 6) is 0.565. The Morgan fingerprint density at radius 2 is 2.18 bits per heavy atom. The smallest absolute Gasteiger partial charge is 0.172 e. The third-order valence-corrected chi connectivity index (χ3v) is 3.89. The summed E-state index contributed by atoms with van der Waals surface area (Å²) >= 11 is 9.58. The molecule has 0 atom stereocenters. The molecule has 0 aliphatic rings. The van der Waals surface area contributed by atoms with E-state index in [0.717, 1.165) is 15.9 Å². The van der Waals surface area contributed by atoms with E-state index < -0.39 is 0 Å². The Hall–Kier alpha value is -0.910. The summed E-state index contributed by atoms with van der Waals surface area (Å²) < 4.78 is 2.63. The number of pyridine rings is 1.